The first-order valence-electron chi connectivity index (χ1n) is 4.24. The summed E-state index contributed by atoms with van der Waals surface area (Å²) in [6, 6.07) is 3.59. The second kappa shape index (κ2) is 4.88. The highest BCUT2D eigenvalue weighted by Gasteiger charge is 2.12. The second-order valence-corrected chi connectivity index (χ2v) is 5.86. The lowest BCUT2D eigenvalue weighted by Gasteiger charge is -2.09. The lowest BCUT2D eigenvalue weighted by Crippen LogP contribution is -2.29. The highest BCUT2D eigenvalue weighted by atomic mass is 32.2. The lowest BCUT2D eigenvalue weighted by atomic mass is 10.3. The van der Waals surface area contributed by atoms with Crippen molar-refractivity contribution in [1.29, 1.82) is 0 Å². The zero-order valence-electron chi connectivity index (χ0n) is 7.80. The van der Waals surface area contributed by atoms with E-state index in [1.807, 2.05) is 11.4 Å². The van der Waals surface area contributed by atoms with E-state index in [1.54, 1.807) is 13.0 Å². The van der Waals surface area contributed by atoms with Gasteiger partial charge in [0.2, 0.25) is 10.0 Å². The largest absolute Gasteiger partial charge is 0.386 e. The number of hydrogen-bond acceptors (Lipinski definition) is 4. The normalized spacial score (nSPS) is 14.1. The van der Waals surface area contributed by atoms with Crippen LogP contribution in [0.3, 0.4) is 0 Å². The topological polar surface area (TPSA) is 66.4 Å². The number of rotatable bonds is 5. The molecule has 1 aromatic rings. The number of nitrogens with one attached hydrogen (secondary N) is 1. The Labute approximate surface area is 87.6 Å². The molecule has 1 unspecified atom stereocenters. The quantitative estimate of drug-likeness (QED) is 0.790. The molecular formula is C8H13NO3S2. The Bertz CT molecular complexity index is 358. The van der Waals surface area contributed by atoms with Crippen LogP contribution >= 0.6 is 11.3 Å². The number of hydrogen-bond donors (Lipinski definition) is 2. The van der Waals surface area contributed by atoms with Crippen LogP contribution in [0.4, 0.5) is 0 Å². The first-order chi connectivity index (χ1) is 6.55. The molecule has 2 N–H and O–H groups in total. The molecule has 0 aliphatic carbocycles. The van der Waals surface area contributed by atoms with Crippen molar-refractivity contribution in [2.24, 2.45) is 0 Å². The van der Waals surface area contributed by atoms with Crippen molar-refractivity contribution in [1.82, 2.24) is 4.72 Å². The Morgan fingerprint density at radius 2 is 2.36 bits per heavy atom. The Hall–Kier alpha value is -0.430. The van der Waals surface area contributed by atoms with Gasteiger partial charge in [-0.3, -0.25) is 0 Å². The SMILES string of the molecule is CCS(=O)(=O)NCC(O)c1cccs1. The smallest absolute Gasteiger partial charge is 0.211 e. The summed E-state index contributed by atoms with van der Waals surface area (Å²) < 4.78 is 24.4. The first kappa shape index (κ1) is 11.6. The first-order valence-corrected chi connectivity index (χ1v) is 6.77. The minimum Gasteiger partial charge on any atom is -0.386 e. The fourth-order valence-electron chi connectivity index (χ4n) is 0.889. The van der Waals surface area contributed by atoms with Gasteiger partial charge in [-0.25, -0.2) is 13.1 Å². The monoisotopic (exact) mass is 235 g/mol. The van der Waals surface area contributed by atoms with Crippen molar-refractivity contribution in [2.75, 3.05) is 12.3 Å². The molecule has 0 fully saturated rings. The van der Waals surface area contributed by atoms with E-state index in [0.717, 1.165) is 4.88 Å². The van der Waals surface area contributed by atoms with Gasteiger partial charge in [0.15, 0.2) is 0 Å². The van der Waals surface area contributed by atoms with E-state index < -0.39 is 16.1 Å². The van der Waals surface area contributed by atoms with E-state index >= 15 is 0 Å². The molecule has 0 saturated heterocycles. The van der Waals surface area contributed by atoms with Crippen LogP contribution in [0.5, 0.6) is 0 Å². The van der Waals surface area contributed by atoms with Crippen LogP contribution in [-0.2, 0) is 10.0 Å². The van der Waals surface area contributed by atoms with Crippen molar-refractivity contribution in [3.63, 3.8) is 0 Å². The molecule has 0 aliphatic heterocycles. The molecule has 1 heterocycles. The van der Waals surface area contributed by atoms with Crippen molar-refractivity contribution < 1.29 is 13.5 Å². The lowest BCUT2D eigenvalue weighted by molar-refractivity contribution is 0.186. The van der Waals surface area contributed by atoms with Gasteiger partial charge in [-0.15, -0.1) is 11.3 Å². The molecule has 0 saturated carbocycles. The van der Waals surface area contributed by atoms with Gasteiger partial charge in [0.1, 0.15) is 6.10 Å². The predicted octanol–water partition coefficient (Wildman–Crippen LogP) is 0.721. The molecule has 0 bridgehead atoms. The van der Waals surface area contributed by atoms with Gasteiger partial charge < -0.3 is 5.11 Å². The highest BCUT2D eigenvalue weighted by molar-refractivity contribution is 7.89. The summed E-state index contributed by atoms with van der Waals surface area (Å²) in [5, 5.41) is 11.4. The van der Waals surface area contributed by atoms with Crippen LogP contribution in [0.2, 0.25) is 0 Å². The van der Waals surface area contributed by atoms with E-state index in [9.17, 15) is 13.5 Å². The molecule has 1 atom stereocenters. The van der Waals surface area contributed by atoms with Gasteiger partial charge in [0, 0.05) is 11.4 Å². The molecule has 1 rings (SSSR count). The molecule has 4 nitrogen and oxygen atoms in total. The number of aliphatic hydroxyl groups is 1. The van der Waals surface area contributed by atoms with Crippen LogP contribution in [0.15, 0.2) is 17.5 Å². The maximum Gasteiger partial charge on any atom is 0.211 e. The third kappa shape index (κ3) is 3.38. The van der Waals surface area contributed by atoms with Gasteiger partial charge in [0.25, 0.3) is 0 Å². The second-order valence-electron chi connectivity index (χ2n) is 2.78. The molecule has 0 aromatic carbocycles. The average molecular weight is 235 g/mol. The van der Waals surface area contributed by atoms with Crippen molar-refractivity contribution >= 4 is 21.4 Å². The van der Waals surface area contributed by atoms with E-state index in [-0.39, 0.29) is 12.3 Å². The minimum atomic E-state index is -3.21. The van der Waals surface area contributed by atoms with Gasteiger partial charge in [-0.2, -0.15) is 0 Å². The predicted molar refractivity (Wildman–Crippen MR) is 56.7 cm³/mol. The summed E-state index contributed by atoms with van der Waals surface area (Å²) in [6.07, 6.45) is -0.753. The Morgan fingerprint density at radius 1 is 1.64 bits per heavy atom. The maximum atomic E-state index is 11.1. The molecule has 1 aromatic heterocycles. The van der Waals surface area contributed by atoms with Gasteiger partial charge in [-0.1, -0.05) is 6.07 Å². The van der Waals surface area contributed by atoms with E-state index in [0.29, 0.717) is 0 Å². The van der Waals surface area contributed by atoms with E-state index in [2.05, 4.69) is 4.72 Å². The van der Waals surface area contributed by atoms with Crippen LogP contribution in [-0.4, -0.2) is 25.8 Å². The summed E-state index contributed by atoms with van der Waals surface area (Å²) >= 11 is 1.40. The van der Waals surface area contributed by atoms with E-state index in [1.165, 1.54) is 11.3 Å². The maximum absolute atomic E-state index is 11.1. The fourth-order valence-corrected chi connectivity index (χ4v) is 2.22. The zero-order valence-corrected chi connectivity index (χ0v) is 9.44. The molecule has 0 amide bonds. The number of sulfonamides is 1. The Morgan fingerprint density at radius 3 is 2.86 bits per heavy atom. The van der Waals surface area contributed by atoms with E-state index in [4.69, 9.17) is 0 Å². The molecule has 0 spiro atoms. The van der Waals surface area contributed by atoms with Gasteiger partial charge in [0.05, 0.1) is 5.75 Å². The van der Waals surface area contributed by atoms with Crippen molar-refractivity contribution in [3.05, 3.63) is 22.4 Å². The van der Waals surface area contributed by atoms with Crippen LogP contribution < -0.4 is 4.72 Å². The highest BCUT2D eigenvalue weighted by Crippen LogP contribution is 2.17. The van der Waals surface area contributed by atoms with Crippen LogP contribution in [0.1, 0.15) is 17.9 Å². The summed E-state index contributed by atoms with van der Waals surface area (Å²) in [7, 11) is -3.21. The molecule has 6 heteroatoms. The summed E-state index contributed by atoms with van der Waals surface area (Å²) in [5.41, 5.74) is 0. The summed E-state index contributed by atoms with van der Waals surface area (Å²) in [4.78, 5) is 0.767. The summed E-state index contributed by atoms with van der Waals surface area (Å²) in [6.45, 7) is 1.59. The zero-order chi connectivity index (χ0) is 10.6. The Balaban J connectivity index is 2.47. The third-order valence-corrected chi connectivity index (χ3v) is 4.09. The fraction of sp³-hybridized carbons (Fsp3) is 0.500. The molecule has 80 valence electrons. The van der Waals surface area contributed by atoms with Gasteiger partial charge >= 0.3 is 0 Å². The number of aliphatic hydroxyl groups excluding tert-OH is 1. The van der Waals surface area contributed by atoms with Crippen molar-refractivity contribution in [2.45, 2.75) is 13.0 Å². The molecule has 14 heavy (non-hydrogen) atoms. The Kier molecular flexibility index (Phi) is 4.06. The summed E-state index contributed by atoms with van der Waals surface area (Å²) in [5.74, 6) is 0.0319. The average Bonchev–Trinajstić information content (AvgIpc) is 2.67. The van der Waals surface area contributed by atoms with Gasteiger partial charge in [-0.05, 0) is 18.4 Å². The minimum absolute atomic E-state index is 0.0319. The molecular weight excluding hydrogens is 222 g/mol. The van der Waals surface area contributed by atoms with Crippen molar-refractivity contribution in [3.8, 4) is 0 Å². The molecule has 0 aliphatic rings. The third-order valence-electron chi connectivity index (χ3n) is 1.75. The number of thiophene rings is 1. The molecule has 0 radical (unpaired) electrons. The van der Waals surface area contributed by atoms with Crippen LogP contribution in [0.25, 0.3) is 0 Å². The van der Waals surface area contributed by atoms with Crippen LogP contribution in [0, 0.1) is 0 Å². The standard InChI is InChI=1S/C8H13NO3S2/c1-2-14(11,12)9-6-7(10)8-4-3-5-13-8/h3-5,7,9-10H,2,6H2,1H3.